The van der Waals surface area contributed by atoms with Gasteiger partial charge in [-0.2, -0.15) is 0 Å². The molecule has 1 aromatic heterocycles. The van der Waals surface area contributed by atoms with Gasteiger partial charge in [-0.25, -0.2) is 18.1 Å². The Labute approximate surface area is 152 Å². The lowest BCUT2D eigenvalue weighted by Gasteiger charge is -2.11. The van der Waals surface area contributed by atoms with Crippen LogP contribution in [0.5, 0.6) is 5.88 Å². The molecule has 0 aliphatic heterocycles. The number of nitrogens with one attached hydrogen (secondary N) is 1. The number of hydrogen-bond donors (Lipinski definition) is 1. The summed E-state index contributed by atoms with van der Waals surface area (Å²) in [4.78, 5) is 15.9. The third-order valence-electron chi connectivity index (χ3n) is 3.36. The van der Waals surface area contributed by atoms with Gasteiger partial charge >= 0.3 is 0 Å². The molecule has 1 heterocycles. The van der Waals surface area contributed by atoms with Crippen LogP contribution in [0.2, 0.25) is 5.02 Å². The minimum atomic E-state index is -3.59. The first-order chi connectivity index (χ1) is 11.7. The Morgan fingerprint density at radius 3 is 2.48 bits per heavy atom. The number of carbonyl (C=O) groups excluding carboxylic acids is 1. The first-order valence-electron chi connectivity index (χ1n) is 7.55. The van der Waals surface area contributed by atoms with Crippen LogP contribution in [0.3, 0.4) is 0 Å². The number of pyridine rings is 1. The van der Waals surface area contributed by atoms with Crippen LogP contribution < -0.4 is 9.46 Å². The zero-order chi connectivity index (χ0) is 18.6. The standard InChI is InChI=1S/C17H19ClN2O4S/c1-11(2)14-8-16(19-9-15(14)18)24-10-12-4-6-13(7-5-12)17(21)20-25(3,22)23/h4-9,11H,10H2,1-3H3,(H,20,21). The molecule has 2 aromatic rings. The fourth-order valence-corrected chi connectivity index (χ4v) is 2.87. The Kier molecular flexibility index (Phi) is 6.02. The summed E-state index contributed by atoms with van der Waals surface area (Å²) in [6.45, 7) is 4.33. The van der Waals surface area contributed by atoms with Crippen molar-refractivity contribution in [2.75, 3.05) is 6.26 Å². The van der Waals surface area contributed by atoms with E-state index in [0.29, 0.717) is 10.9 Å². The number of rotatable bonds is 6. The van der Waals surface area contributed by atoms with E-state index in [1.54, 1.807) is 24.4 Å². The SMILES string of the molecule is CC(C)c1cc(OCc2ccc(C(=O)NS(C)(=O)=O)cc2)ncc1Cl. The molecule has 25 heavy (non-hydrogen) atoms. The minimum Gasteiger partial charge on any atom is -0.473 e. The topological polar surface area (TPSA) is 85.4 Å². The van der Waals surface area contributed by atoms with Crippen molar-refractivity contribution in [3.05, 3.63) is 58.2 Å². The zero-order valence-corrected chi connectivity index (χ0v) is 15.7. The highest BCUT2D eigenvalue weighted by Crippen LogP contribution is 2.26. The number of aromatic nitrogens is 1. The summed E-state index contributed by atoms with van der Waals surface area (Å²) < 4.78 is 29.7. The highest BCUT2D eigenvalue weighted by atomic mass is 35.5. The maximum absolute atomic E-state index is 11.7. The Morgan fingerprint density at radius 1 is 1.28 bits per heavy atom. The van der Waals surface area contributed by atoms with Crippen molar-refractivity contribution in [3.8, 4) is 5.88 Å². The van der Waals surface area contributed by atoms with E-state index in [2.05, 4.69) is 4.98 Å². The molecule has 0 aliphatic carbocycles. The molecule has 6 nitrogen and oxygen atoms in total. The molecule has 0 unspecified atom stereocenters. The normalized spacial score (nSPS) is 11.4. The van der Waals surface area contributed by atoms with Crippen molar-refractivity contribution >= 4 is 27.5 Å². The van der Waals surface area contributed by atoms with Crippen LogP contribution in [0.25, 0.3) is 0 Å². The van der Waals surface area contributed by atoms with E-state index in [4.69, 9.17) is 16.3 Å². The summed E-state index contributed by atoms with van der Waals surface area (Å²) in [7, 11) is -3.59. The largest absolute Gasteiger partial charge is 0.473 e. The van der Waals surface area contributed by atoms with Gasteiger partial charge in [0, 0.05) is 17.8 Å². The van der Waals surface area contributed by atoms with Gasteiger partial charge in [0.2, 0.25) is 15.9 Å². The van der Waals surface area contributed by atoms with E-state index in [0.717, 1.165) is 17.4 Å². The molecule has 1 aromatic carbocycles. The van der Waals surface area contributed by atoms with Crippen LogP contribution in [0.1, 0.15) is 41.3 Å². The predicted octanol–water partition coefficient (Wildman–Crippen LogP) is 3.13. The van der Waals surface area contributed by atoms with Gasteiger partial charge in [-0.15, -0.1) is 0 Å². The Hall–Kier alpha value is -2.12. The van der Waals surface area contributed by atoms with Gasteiger partial charge in [-0.05, 0) is 29.2 Å². The molecule has 0 aliphatic rings. The van der Waals surface area contributed by atoms with Gasteiger partial charge in [-0.3, -0.25) is 4.79 Å². The number of ether oxygens (including phenoxy) is 1. The lowest BCUT2D eigenvalue weighted by Crippen LogP contribution is -2.29. The molecular formula is C17H19ClN2O4S. The monoisotopic (exact) mass is 382 g/mol. The summed E-state index contributed by atoms with van der Waals surface area (Å²) in [5.74, 6) is 0.0494. The highest BCUT2D eigenvalue weighted by molar-refractivity contribution is 7.89. The van der Waals surface area contributed by atoms with Crippen molar-refractivity contribution < 1.29 is 17.9 Å². The van der Waals surface area contributed by atoms with Gasteiger partial charge in [0.15, 0.2) is 0 Å². The van der Waals surface area contributed by atoms with Crippen molar-refractivity contribution in [3.63, 3.8) is 0 Å². The first kappa shape index (κ1) is 19.2. The van der Waals surface area contributed by atoms with Crippen LogP contribution in [0, 0.1) is 0 Å². The van der Waals surface area contributed by atoms with Gasteiger partial charge in [0.1, 0.15) is 6.61 Å². The zero-order valence-electron chi connectivity index (χ0n) is 14.1. The predicted molar refractivity (Wildman–Crippen MR) is 96.4 cm³/mol. The number of sulfonamides is 1. The third kappa shape index (κ3) is 5.72. The third-order valence-corrected chi connectivity index (χ3v) is 4.23. The summed E-state index contributed by atoms with van der Waals surface area (Å²) in [6, 6.07) is 8.26. The number of amides is 1. The Bertz CT molecular complexity index is 865. The second-order valence-electron chi connectivity index (χ2n) is 5.89. The van der Waals surface area contributed by atoms with E-state index < -0.39 is 15.9 Å². The molecule has 0 saturated heterocycles. The molecule has 0 radical (unpaired) electrons. The minimum absolute atomic E-state index is 0.251. The molecule has 0 fully saturated rings. The van der Waals surface area contributed by atoms with Crippen LogP contribution in [0.15, 0.2) is 36.5 Å². The van der Waals surface area contributed by atoms with Crippen LogP contribution in [-0.2, 0) is 16.6 Å². The van der Waals surface area contributed by atoms with Crippen molar-refractivity contribution in [2.24, 2.45) is 0 Å². The maximum atomic E-state index is 11.7. The smallest absolute Gasteiger partial charge is 0.264 e. The van der Waals surface area contributed by atoms with Crippen molar-refractivity contribution in [1.82, 2.24) is 9.71 Å². The van der Waals surface area contributed by atoms with Gasteiger partial charge in [0.05, 0.1) is 11.3 Å². The van der Waals surface area contributed by atoms with E-state index in [-0.39, 0.29) is 18.1 Å². The molecule has 0 saturated carbocycles. The highest BCUT2D eigenvalue weighted by Gasteiger charge is 2.11. The summed E-state index contributed by atoms with van der Waals surface area (Å²) in [5.41, 5.74) is 2.03. The molecule has 1 amide bonds. The molecule has 8 heteroatoms. The number of benzene rings is 1. The van der Waals surface area contributed by atoms with Crippen LogP contribution in [-0.4, -0.2) is 25.6 Å². The molecule has 2 rings (SSSR count). The fourth-order valence-electron chi connectivity index (χ4n) is 2.09. The van der Waals surface area contributed by atoms with E-state index in [9.17, 15) is 13.2 Å². The number of carbonyl (C=O) groups is 1. The van der Waals surface area contributed by atoms with E-state index in [1.165, 1.54) is 12.1 Å². The molecule has 0 bridgehead atoms. The number of hydrogen-bond acceptors (Lipinski definition) is 5. The van der Waals surface area contributed by atoms with Crippen molar-refractivity contribution in [2.45, 2.75) is 26.4 Å². The fraction of sp³-hybridized carbons (Fsp3) is 0.294. The second-order valence-corrected chi connectivity index (χ2v) is 8.04. The van der Waals surface area contributed by atoms with Gasteiger partial charge in [-0.1, -0.05) is 37.6 Å². The van der Waals surface area contributed by atoms with E-state index >= 15 is 0 Å². The van der Waals surface area contributed by atoms with Crippen LogP contribution >= 0.6 is 11.6 Å². The van der Waals surface area contributed by atoms with E-state index in [1.807, 2.05) is 18.6 Å². The van der Waals surface area contributed by atoms with Gasteiger partial charge in [0.25, 0.3) is 5.91 Å². The number of halogens is 1. The molecule has 0 spiro atoms. The summed E-state index contributed by atoms with van der Waals surface area (Å²) >= 11 is 6.10. The summed E-state index contributed by atoms with van der Waals surface area (Å²) in [6.07, 6.45) is 2.49. The molecule has 1 N–H and O–H groups in total. The second kappa shape index (κ2) is 7.84. The number of nitrogens with zero attached hydrogens (tertiary/aromatic N) is 1. The quantitative estimate of drug-likeness (QED) is 0.829. The Morgan fingerprint density at radius 2 is 1.92 bits per heavy atom. The Balaban J connectivity index is 2.03. The molecule has 0 atom stereocenters. The first-order valence-corrected chi connectivity index (χ1v) is 9.82. The molecule has 134 valence electrons. The van der Waals surface area contributed by atoms with Gasteiger partial charge < -0.3 is 4.74 Å². The average Bonchev–Trinajstić information content (AvgIpc) is 2.52. The lowest BCUT2D eigenvalue weighted by atomic mass is 10.1. The van der Waals surface area contributed by atoms with Crippen LogP contribution in [0.4, 0.5) is 0 Å². The maximum Gasteiger partial charge on any atom is 0.264 e. The van der Waals surface area contributed by atoms with Crippen molar-refractivity contribution in [1.29, 1.82) is 0 Å². The average molecular weight is 383 g/mol. The molecular weight excluding hydrogens is 364 g/mol. The lowest BCUT2D eigenvalue weighted by molar-refractivity contribution is 0.0981. The summed E-state index contributed by atoms with van der Waals surface area (Å²) in [5, 5.41) is 0.601.